The third-order valence-corrected chi connectivity index (χ3v) is 2.49. The van der Waals surface area contributed by atoms with Crippen LogP contribution in [-0.2, 0) is 0 Å². The Kier molecular flexibility index (Phi) is 2.85. The molecule has 0 amide bonds. The predicted octanol–water partition coefficient (Wildman–Crippen LogP) is 2.34. The van der Waals surface area contributed by atoms with E-state index in [0.29, 0.717) is 6.54 Å². The van der Waals surface area contributed by atoms with Gasteiger partial charge in [-0.3, -0.25) is 0 Å². The Bertz CT molecular complexity index is 261. The van der Waals surface area contributed by atoms with Crippen molar-refractivity contribution in [2.75, 3.05) is 6.54 Å². The first-order chi connectivity index (χ1) is 5.24. The average Bonchev–Trinajstić information content (AvgIpc) is 2.26. The summed E-state index contributed by atoms with van der Waals surface area (Å²) in [5.74, 6) is 0. The molecule has 1 nitrogen and oxygen atoms in total. The van der Waals surface area contributed by atoms with E-state index in [0.717, 1.165) is 0 Å². The zero-order chi connectivity index (χ0) is 8.27. The van der Waals surface area contributed by atoms with Crippen LogP contribution in [0.3, 0.4) is 0 Å². The predicted molar refractivity (Wildman–Crippen MR) is 51.9 cm³/mol. The summed E-state index contributed by atoms with van der Waals surface area (Å²) < 4.78 is 0. The Morgan fingerprint density at radius 2 is 2.27 bits per heavy atom. The lowest BCUT2D eigenvalue weighted by Crippen LogP contribution is -1.91. The molecule has 0 unspecified atom stereocenters. The Hall–Kier alpha value is -0.600. The number of hydrogen-bond acceptors (Lipinski definition) is 2. The minimum atomic E-state index is 0.619. The number of hydrogen-bond donors (Lipinski definition) is 1. The van der Waals surface area contributed by atoms with Crippen LogP contribution in [0.25, 0.3) is 6.08 Å². The summed E-state index contributed by atoms with van der Waals surface area (Å²) in [6.45, 7) is 4.87. The maximum atomic E-state index is 5.35. The number of thiophene rings is 1. The molecule has 11 heavy (non-hydrogen) atoms. The molecule has 0 saturated carbocycles. The van der Waals surface area contributed by atoms with Crippen LogP contribution in [0.15, 0.2) is 12.1 Å². The van der Waals surface area contributed by atoms with Crippen LogP contribution in [0, 0.1) is 13.8 Å². The quantitative estimate of drug-likeness (QED) is 0.719. The largest absolute Gasteiger partial charge is 0.327 e. The zero-order valence-corrected chi connectivity index (χ0v) is 7.74. The van der Waals surface area contributed by atoms with Gasteiger partial charge in [0.05, 0.1) is 0 Å². The summed E-state index contributed by atoms with van der Waals surface area (Å²) in [7, 11) is 0. The van der Waals surface area contributed by atoms with Gasteiger partial charge in [0.1, 0.15) is 0 Å². The van der Waals surface area contributed by atoms with E-state index in [1.165, 1.54) is 15.3 Å². The molecule has 1 rings (SSSR count). The number of nitrogens with two attached hydrogens (primary N) is 1. The molecule has 0 spiro atoms. The lowest BCUT2D eigenvalue weighted by Gasteiger charge is -1.86. The van der Waals surface area contributed by atoms with E-state index in [2.05, 4.69) is 26.0 Å². The first-order valence-corrected chi connectivity index (χ1v) is 4.49. The summed E-state index contributed by atoms with van der Waals surface area (Å²) >= 11 is 1.83. The Labute approximate surface area is 71.5 Å². The van der Waals surface area contributed by atoms with Crippen LogP contribution in [0.1, 0.15) is 15.3 Å². The second kappa shape index (κ2) is 3.69. The lowest BCUT2D eigenvalue weighted by atomic mass is 10.2. The van der Waals surface area contributed by atoms with Crippen molar-refractivity contribution in [3.05, 3.63) is 27.5 Å². The van der Waals surface area contributed by atoms with Crippen molar-refractivity contribution in [3.8, 4) is 0 Å². The van der Waals surface area contributed by atoms with Crippen molar-refractivity contribution in [2.45, 2.75) is 13.8 Å². The van der Waals surface area contributed by atoms with Gasteiger partial charge < -0.3 is 5.73 Å². The molecular weight excluding hydrogens is 154 g/mol. The second-order valence-corrected chi connectivity index (χ2v) is 3.97. The van der Waals surface area contributed by atoms with Crippen molar-refractivity contribution in [1.82, 2.24) is 0 Å². The van der Waals surface area contributed by atoms with Gasteiger partial charge in [-0.15, -0.1) is 11.3 Å². The van der Waals surface area contributed by atoms with Gasteiger partial charge in [0.25, 0.3) is 0 Å². The van der Waals surface area contributed by atoms with Crippen LogP contribution in [0.5, 0.6) is 0 Å². The van der Waals surface area contributed by atoms with E-state index >= 15 is 0 Å². The molecule has 0 aromatic carbocycles. The van der Waals surface area contributed by atoms with Crippen molar-refractivity contribution in [1.29, 1.82) is 0 Å². The molecular formula is C9H13NS. The molecule has 0 aliphatic heterocycles. The first kappa shape index (κ1) is 8.50. The zero-order valence-electron chi connectivity index (χ0n) is 6.92. The number of aryl methyl sites for hydroxylation is 2. The maximum Gasteiger partial charge on any atom is 0.0110 e. The maximum absolute atomic E-state index is 5.35. The summed E-state index contributed by atoms with van der Waals surface area (Å²) in [5, 5.41) is 0. The highest BCUT2D eigenvalue weighted by molar-refractivity contribution is 7.12. The third-order valence-electron chi connectivity index (χ3n) is 1.51. The average molecular weight is 167 g/mol. The monoisotopic (exact) mass is 167 g/mol. The fourth-order valence-electron chi connectivity index (χ4n) is 1.01. The molecule has 0 saturated heterocycles. The van der Waals surface area contributed by atoms with Crippen LogP contribution in [-0.4, -0.2) is 6.54 Å². The van der Waals surface area contributed by atoms with Crippen molar-refractivity contribution in [3.63, 3.8) is 0 Å². The Balaban J connectivity index is 2.85. The van der Waals surface area contributed by atoms with Gasteiger partial charge in [-0.05, 0) is 25.5 Å². The van der Waals surface area contributed by atoms with Crippen molar-refractivity contribution >= 4 is 17.4 Å². The SMILES string of the molecule is Cc1cc(C=CCN)c(C)s1. The van der Waals surface area contributed by atoms with Crippen LogP contribution < -0.4 is 5.73 Å². The van der Waals surface area contributed by atoms with Gasteiger partial charge in [0.15, 0.2) is 0 Å². The van der Waals surface area contributed by atoms with Crippen molar-refractivity contribution in [2.24, 2.45) is 5.73 Å². The summed E-state index contributed by atoms with van der Waals surface area (Å²) in [6.07, 6.45) is 4.06. The summed E-state index contributed by atoms with van der Waals surface area (Å²) in [6, 6.07) is 2.19. The highest BCUT2D eigenvalue weighted by Gasteiger charge is 1.96. The molecule has 2 N–H and O–H groups in total. The Morgan fingerprint density at radius 1 is 1.55 bits per heavy atom. The normalized spacial score (nSPS) is 11.2. The molecule has 0 aliphatic carbocycles. The van der Waals surface area contributed by atoms with E-state index in [4.69, 9.17) is 5.73 Å². The lowest BCUT2D eigenvalue weighted by molar-refractivity contribution is 1.26. The highest BCUT2D eigenvalue weighted by Crippen LogP contribution is 2.21. The molecule has 1 aromatic rings. The molecule has 0 atom stereocenters. The molecule has 60 valence electrons. The van der Waals surface area contributed by atoms with Crippen LogP contribution in [0.4, 0.5) is 0 Å². The fourth-order valence-corrected chi connectivity index (χ4v) is 1.92. The van der Waals surface area contributed by atoms with Crippen molar-refractivity contribution < 1.29 is 0 Å². The van der Waals surface area contributed by atoms with E-state index in [1.54, 1.807) is 0 Å². The second-order valence-electron chi connectivity index (χ2n) is 2.51. The van der Waals surface area contributed by atoms with Crippen LogP contribution >= 0.6 is 11.3 Å². The highest BCUT2D eigenvalue weighted by atomic mass is 32.1. The smallest absolute Gasteiger partial charge is 0.0110 e. The first-order valence-electron chi connectivity index (χ1n) is 3.67. The van der Waals surface area contributed by atoms with Gasteiger partial charge >= 0.3 is 0 Å². The summed E-state index contributed by atoms with van der Waals surface area (Å²) in [5.41, 5.74) is 6.65. The fraction of sp³-hybridized carbons (Fsp3) is 0.333. The molecule has 0 fully saturated rings. The van der Waals surface area contributed by atoms with Gasteiger partial charge in [0.2, 0.25) is 0 Å². The number of rotatable bonds is 2. The van der Waals surface area contributed by atoms with Gasteiger partial charge in [-0.25, -0.2) is 0 Å². The van der Waals surface area contributed by atoms with E-state index in [9.17, 15) is 0 Å². The van der Waals surface area contributed by atoms with Gasteiger partial charge in [-0.1, -0.05) is 12.2 Å². The molecule has 0 radical (unpaired) electrons. The van der Waals surface area contributed by atoms with Gasteiger partial charge in [0, 0.05) is 16.3 Å². The van der Waals surface area contributed by atoms with Gasteiger partial charge in [-0.2, -0.15) is 0 Å². The minimum absolute atomic E-state index is 0.619. The Morgan fingerprint density at radius 3 is 2.73 bits per heavy atom. The van der Waals surface area contributed by atoms with Crippen LogP contribution in [0.2, 0.25) is 0 Å². The minimum Gasteiger partial charge on any atom is -0.327 e. The topological polar surface area (TPSA) is 26.0 Å². The standard InChI is InChI=1S/C9H13NS/c1-7-6-9(4-3-5-10)8(2)11-7/h3-4,6H,5,10H2,1-2H3. The third kappa shape index (κ3) is 2.17. The van der Waals surface area contributed by atoms with E-state index < -0.39 is 0 Å². The van der Waals surface area contributed by atoms with E-state index in [-0.39, 0.29) is 0 Å². The molecule has 0 aliphatic rings. The summed E-state index contributed by atoms with van der Waals surface area (Å²) in [4.78, 5) is 2.73. The molecule has 1 aromatic heterocycles. The molecule has 1 heterocycles. The van der Waals surface area contributed by atoms with E-state index in [1.807, 2.05) is 17.4 Å². The molecule has 2 heteroatoms. The molecule has 0 bridgehead atoms.